The summed E-state index contributed by atoms with van der Waals surface area (Å²) in [7, 11) is 0. The smallest absolute Gasteiger partial charge is 0.258 e. The Morgan fingerprint density at radius 2 is 1.78 bits per heavy atom. The first-order valence-corrected chi connectivity index (χ1v) is 10.00. The molecule has 3 aromatic rings. The van der Waals surface area contributed by atoms with E-state index in [1.165, 1.54) is 11.1 Å². The maximum Gasteiger partial charge on any atom is 0.258 e. The Bertz CT molecular complexity index is 899. The van der Waals surface area contributed by atoms with E-state index in [2.05, 4.69) is 32.0 Å². The van der Waals surface area contributed by atoms with Crippen molar-refractivity contribution in [1.82, 2.24) is 0 Å². The fraction of sp³-hybridized carbons (Fsp3) is 0.261. The molecule has 4 heteroatoms. The van der Waals surface area contributed by atoms with Crippen molar-refractivity contribution in [3.63, 3.8) is 0 Å². The van der Waals surface area contributed by atoms with Gasteiger partial charge in [-0.25, -0.2) is 0 Å². The molecule has 0 unspecified atom stereocenters. The molecule has 0 atom stereocenters. The van der Waals surface area contributed by atoms with Gasteiger partial charge in [0.05, 0.1) is 12.6 Å². The molecular weight excluding hydrogens is 354 g/mol. The number of benzene rings is 2. The lowest BCUT2D eigenvalue weighted by Crippen LogP contribution is -2.30. The van der Waals surface area contributed by atoms with Gasteiger partial charge in [0.25, 0.3) is 5.91 Å². The molecule has 1 heterocycles. The third-order valence-electron chi connectivity index (χ3n) is 4.41. The van der Waals surface area contributed by atoms with Crippen molar-refractivity contribution in [2.75, 3.05) is 4.90 Å². The maximum atomic E-state index is 13.3. The van der Waals surface area contributed by atoms with Gasteiger partial charge in [-0.3, -0.25) is 4.79 Å². The molecule has 0 radical (unpaired) electrons. The van der Waals surface area contributed by atoms with Gasteiger partial charge >= 0.3 is 0 Å². The van der Waals surface area contributed by atoms with E-state index in [1.807, 2.05) is 60.5 Å². The fourth-order valence-electron chi connectivity index (χ4n) is 2.84. The number of anilines is 1. The highest BCUT2D eigenvalue weighted by Crippen LogP contribution is 2.25. The molecule has 0 aliphatic carbocycles. The average molecular weight is 380 g/mol. The highest BCUT2D eigenvalue weighted by molar-refractivity contribution is 7.09. The molecule has 3 nitrogen and oxygen atoms in total. The van der Waals surface area contributed by atoms with Crippen molar-refractivity contribution in [2.24, 2.45) is 0 Å². The molecule has 1 amide bonds. The number of hydrogen-bond donors (Lipinski definition) is 0. The van der Waals surface area contributed by atoms with Gasteiger partial charge < -0.3 is 9.64 Å². The van der Waals surface area contributed by atoms with Gasteiger partial charge in [0, 0.05) is 16.1 Å². The summed E-state index contributed by atoms with van der Waals surface area (Å²) in [4.78, 5) is 16.3. The first kappa shape index (κ1) is 19.2. The van der Waals surface area contributed by atoms with Crippen LogP contribution in [0.3, 0.4) is 0 Å². The number of hydrogen-bond acceptors (Lipinski definition) is 3. The summed E-state index contributed by atoms with van der Waals surface area (Å²) >= 11 is 1.66. The molecule has 0 saturated carbocycles. The summed E-state index contributed by atoms with van der Waals surface area (Å²) in [5, 5.41) is 2.04. The lowest BCUT2D eigenvalue weighted by molar-refractivity contribution is 0.0985. The lowest BCUT2D eigenvalue weighted by Gasteiger charge is -2.23. The minimum Gasteiger partial charge on any atom is -0.491 e. The predicted molar refractivity (Wildman–Crippen MR) is 113 cm³/mol. The summed E-state index contributed by atoms with van der Waals surface area (Å²) in [5.74, 6) is 0.764. The summed E-state index contributed by atoms with van der Waals surface area (Å²) in [6.07, 6.45) is 0.109. The van der Waals surface area contributed by atoms with Crippen LogP contribution < -0.4 is 9.64 Å². The second kappa shape index (κ2) is 8.40. The van der Waals surface area contributed by atoms with Gasteiger partial charge in [0.15, 0.2) is 0 Å². The molecule has 0 saturated heterocycles. The number of carbonyl (C=O) groups is 1. The highest BCUT2D eigenvalue weighted by Gasteiger charge is 2.19. The van der Waals surface area contributed by atoms with Gasteiger partial charge in [-0.15, -0.1) is 11.3 Å². The standard InChI is InChI=1S/C23H25NO2S/c1-16(2)26-21-11-8-19(9-12-21)23(25)24(15-22-6-5-13-27-22)20-10-7-17(3)18(4)14-20/h5-14,16H,15H2,1-4H3. The topological polar surface area (TPSA) is 29.5 Å². The summed E-state index contributed by atoms with van der Waals surface area (Å²) in [5.41, 5.74) is 3.97. The van der Waals surface area contributed by atoms with Gasteiger partial charge in [-0.1, -0.05) is 12.1 Å². The van der Waals surface area contributed by atoms with E-state index in [0.29, 0.717) is 12.1 Å². The minimum absolute atomic E-state index is 0.0113. The van der Waals surface area contributed by atoms with Crippen molar-refractivity contribution >= 4 is 22.9 Å². The average Bonchev–Trinajstić information content (AvgIpc) is 3.15. The molecule has 3 rings (SSSR count). The number of nitrogens with zero attached hydrogens (tertiary/aromatic N) is 1. The second-order valence-corrected chi connectivity index (χ2v) is 7.96. The molecule has 0 bridgehead atoms. The molecule has 0 N–H and O–H groups in total. The largest absolute Gasteiger partial charge is 0.491 e. The lowest BCUT2D eigenvalue weighted by atomic mass is 10.1. The van der Waals surface area contributed by atoms with Crippen LogP contribution in [0.15, 0.2) is 60.0 Å². The van der Waals surface area contributed by atoms with Crippen LogP contribution in [0.4, 0.5) is 5.69 Å². The van der Waals surface area contributed by atoms with Crippen LogP contribution in [0, 0.1) is 13.8 Å². The molecule has 27 heavy (non-hydrogen) atoms. The van der Waals surface area contributed by atoms with Crippen molar-refractivity contribution in [2.45, 2.75) is 40.3 Å². The molecular formula is C23H25NO2S. The molecule has 2 aromatic carbocycles. The van der Waals surface area contributed by atoms with Crippen molar-refractivity contribution in [1.29, 1.82) is 0 Å². The van der Waals surface area contributed by atoms with Crippen LogP contribution in [0.2, 0.25) is 0 Å². The number of amides is 1. The predicted octanol–water partition coefficient (Wildman–Crippen LogP) is 6.00. The van der Waals surface area contributed by atoms with E-state index >= 15 is 0 Å². The zero-order valence-electron chi connectivity index (χ0n) is 16.2. The van der Waals surface area contributed by atoms with Crippen molar-refractivity contribution < 1.29 is 9.53 Å². The number of aryl methyl sites for hydroxylation is 2. The first-order valence-electron chi connectivity index (χ1n) is 9.12. The number of rotatable bonds is 6. The number of carbonyl (C=O) groups excluding carboxylic acids is 1. The zero-order valence-corrected chi connectivity index (χ0v) is 17.0. The second-order valence-electron chi connectivity index (χ2n) is 6.93. The molecule has 140 valence electrons. The molecule has 1 aromatic heterocycles. The molecule has 0 fully saturated rings. The number of thiophene rings is 1. The van der Waals surface area contributed by atoms with E-state index < -0.39 is 0 Å². The van der Waals surface area contributed by atoms with Crippen molar-refractivity contribution in [3.05, 3.63) is 81.5 Å². The normalized spacial score (nSPS) is 10.9. The van der Waals surface area contributed by atoms with Gasteiger partial charge in [0.1, 0.15) is 5.75 Å². The van der Waals surface area contributed by atoms with E-state index in [0.717, 1.165) is 16.3 Å². The van der Waals surface area contributed by atoms with Gasteiger partial charge in [-0.2, -0.15) is 0 Å². The highest BCUT2D eigenvalue weighted by atomic mass is 32.1. The summed E-state index contributed by atoms with van der Waals surface area (Å²) in [6.45, 7) is 8.69. The van der Waals surface area contributed by atoms with E-state index in [-0.39, 0.29) is 12.0 Å². The first-order chi connectivity index (χ1) is 12.9. The molecule has 0 aliphatic heterocycles. The van der Waals surface area contributed by atoms with E-state index in [1.54, 1.807) is 11.3 Å². The van der Waals surface area contributed by atoms with Gasteiger partial charge in [0.2, 0.25) is 0 Å². The third-order valence-corrected chi connectivity index (χ3v) is 5.28. The Hall–Kier alpha value is -2.59. The Balaban J connectivity index is 1.91. The molecule has 0 spiro atoms. The Morgan fingerprint density at radius 3 is 2.37 bits per heavy atom. The monoisotopic (exact) mass is 379 g/mol. The van der Waals surface area contributed by atoms with E-state index in [4.69, 9.17) is 4.74 Å². The summed E-state index contributed by atoms with van der Waals surface area (Å²) in [6, 6.07) is 17.6. The zero-order chi connectivity index (χ0) is 19.4. The van der Waals surface area contributed by atoms with Crippen LogP contribution >= 0.6 is 11.3 Å². The Labute approximate surface area is 165 Å². The van der Waals surface area contributed by atoms with Crippen LogP contribution in [0.1, 0.15) is 40.2 Å². The van der Waals surface area contributed by atoms with Crippen molar-refractivity contribution in [3.8, 4) is 5.75 Å². The quantitative estimate of drug-likeness (QED) is 0.526. The third kappa shape index (κ3) is 4.77. The van der Waals surface area contributed by atoms with Gasteiger partial charge in [-0.05, 0) is 86.7 Å². The Morgan fingerprint density at radius 1 is 1.04 bits per heavy atom. The van der Waals surface area contributed by atoms with Crippen LogP contribution in [0.5, 0.6) is 5.75 Å². The maximum absolute atomic E-state index is 13.3. The van der Waals surface area contributed by atoms with Crippen LogP contribution in [0.25, 0.3) is 0 Å². The minimum atomic E-state index is -0.0113. The SMILES string of the molecule is Cc1ccc(N(Cc2cccs2)C(=O)c2ccc(OC(C)C)cc2)cc1C. The summed E-state index contributed by atoms with van der Waals surface area (Å²) < 4.78 is 5.68. The number of ether oxygens (including phenoxy) is 1. The van der Waals surface area contributed by atoms with Crippen LogP contribution in [-0.4, -0.2) is 12.0 Å². The molecule has 0 aliphatic rings. The van der Waals surface area contributed by atoms with Crippen LogP contribution in [-0.2, 0) is 6.54 Å². The van der Waals surface area contributed by atoms with E-state index in [9.17, 15) is 4.79 Å². The fourth-order valence-corrected chi connectivity index (χ4v) is 3.53. The Kier molecular flexibility index (Phi) is 5.97.